The molecule has 2 atom stereocenters. The van der Waals surface area contributed by atoms with Crippen LogP contribution in [0, 0.1) is 0 Å². The highest BCUT2D eigenvalue weighted by Gasteiger charge is 2.38. The number of benzene rings is 1. The summed E-state index contributed by atoms with van der Waals surface area (Å²) in [6.45, 7) is 1.31. The molecule has 1 amide bonds. The molecule has 1 aromatic heterocycles. The molecule has 5 heteroatoms. The Morgan fingerprint density at radius 1 is 1.33 bits per heavy atom. The van der Waals surface area contributed by atoms with Crippen LogP contribution in [0.2, 0.25) is 5.02 Å². The summed E-state index contributed by atoms with van der Waals surface area (Å²) < 4.78 is 5.77. The maximum atomic E-state index is 12.8. The van der Waals surface area contributed by atoms with Gasteiger partial charge >= 0.3 is 0 Å². The Labute approximate surface area is 128 Å². The average molecular weight is 305 g/mol. The van der Waals surface area contributed by atoms with Crippen LogP contribution in [-0.2, 0) is 4.74 Å². The molecular formula is C16H17ClN2O2. The Bertz CT molecular complexity index is 697. The number of carbonyl (C=O) groups excluding carboxylic acids is 1. The number of ether oxygens (including phenoxy) is 1. The van der Waals surface area contributed by atoms with E-state index in [9.17, 15) is 4.79 Å². The minimum absolute atomic E-state index is 0.0718. The van der Waals surface area contributed by atoms with Crippen molar-refractivity contribution >= 4 is 28.4 Å². The first-order valence-corrected chi connectivity index (χ1v) is 7.81. The van der Waals surface area contributed by atoms with Crippen molar-refractivity contribution in [3.05, 3.63) is 35.0 Å². The number of amides is 1. The number of carbonyl (C=O) groups is 1. The van der Waals surface area contributed by atoms with Gasteiger partial charge in [-0.15, -0.1) is 0 Å². The first kappa shape index (κ1) is 13.2. The Hall–Kier alpha value is -1.52. The third kappa shape index (κ3) is 2.23. The fourth-order valence-electron chi connectivity index (χ4n) is 3.55. The van der Waals surface area contributed by atoms with E-state index in [2.05, 4.69) is 4.98 Å². The van der Waals surface area contributed by atoms with E-state index in [1.165, 1.54) is 0 Å². The molecule has 2 aromatic rings. The minimum atomic E-state index is 0.0718. The van der Waals surface area contributed by atoms with E-state index in [0.29, 0.717) is 23.9 Å². The Balaban J connectivity index is 1.66. The smallest absolute Gasteiger partial charge is 0.270 e. The quantitative estimate of drug-likeness (QED) is 0.879. The number of fused-ring (bicyclic) bond motifs is 2. The van der Waals surface area contributed by atoms with Gasteiger partial charge in [0, 0.05) is 22.5 Å². The molecule has 1 saturated heterocycles. The lowest BCUT2D eigenvalue weighted by atomic mass is 10.1. The van der Waals surface area contributed by atoms with Crippen molar-refractivity contribution in [2.75, 3.05) is 13.2 Å². The zero-order valence-electron chi connectivity index (χ0n) is 11.6. The average Bonchev–Trinajstić information content (AvgIpc) is 3.11. The molecule has 110 valence electrons. The van der Waals surface area contributed by atoms with E-state index in [1.54, 1.807) is 0 Å². The number of H-pyrrole nitrogens is 1. The third-order valence-corrected chi connectivity index (χ3v) is 4.79. The molecule has 4 rings (SSSR count). The first-order chi connectivity index (χ1) is 10.2. The van der Waals surface area contributed by atoms with Gasteiger partial charge in [0.25, 0.3) is 5.91 Å². The van der Waals surface area contributed by atoms with Crippen LogP contribution in [-0.4, -0.2) is 41.1 Å². The number of halogens is 1. The van der Waals surface area contributed by atoms with Crippen molar-refractivity contribution in [1.29, 1.82) is 0 Å². The van der Waals surface area contributed by atoms with Gasteiger partial charge in [0.1, 0.15) is 5.69 Å². The van der Waals surface area contributed by atoms with E-state index in [1.807, 2.05) is 29.2 Å². The van der Waals surface area contributed by atoms with Gasteiger partial charge in [-0.05, 0) is 37.5 Å². The topological polar surface area (TPSA) is 45.3 Å². The first-order valence-electron chi connectivity index (χ1n) is 7.43. The number of nitrogens with zero attached hydrogens (tertiary/aromatic N) is 1. The predicted molar refractivity (Wildman–Crippen MR) is 81.7 cm³/mol. The Morgan fingerprint density at radius 3 is 3.14 bits per heavy atom. The molecule has 4 nitrogen and oxygen atoms in total. The number of rotatable bonds is 1. The lowest BCUT2D eigenvalue weighted by Gasteiger charge is -2.37. The number of morpholine rings is 1. The van der Waals surface area contributed by atoms with Crippen LogP contribution in [0.15, 0.2) is 24.3 Å². The lowest BCUT2D eigenvalue weighted by molar-refractivity contribution is -0.0446. The van der Waals surface area contributed by atoms with Crippen molar-refractivity contribution in [2.45, 2.75) is 31.4 Å². The molecule has 0 spiro atoms. The van der Waals surface area contributed by atoms with Gasteiger partial charge < -0.3 is 14.6 Å². The van der Waals surface area contributed by atoms with Gasteiger partial charge in [0.05, 0.1) is 18.8 Å². The number of nitrogens with one attached hydrogen (secondary N) is 1. The SMILES string of the molecule is O=C(c1cc2ccc(Cl)cc2[nH]1)N1CCOC2CCCC21. The van der Waals surface area contributed by atoms with Crippen LogP contribution in [0.5, 0.6) is 0 Å². The van der Waals surface area contributed by atoms with Gasteiger partial charge in [-0.25, -0.2) is 0 Å². The van der Waals surface area contributed by atoms with Gasteiger partial charge in [-0.3, -0.25) is 4.79 Å². The summed E-state index contributed by atoms with van der Waals surface area (Å²) in [5.74, 6) is 0.0718. The Kier molecular flexibility index (Phi) is 3.16. The molecule has 2 fully saturated rings. The summed E-state index contributed by atoms with van der Waals surface area (Å²) in [5.41, 5.74) is 1.54. The van der Waals surface area contributed by atoms with E-state index in [0.717, 1.165) is 30.2 Å². The summed E-state index contributed by atoms with van der Waals surface area (Å²) in [7, 11) is 0. The van der Waals surface area contributed by atoms with Gasteiger partial charge in [-0.1, -0.05) is 17.7 Å². The molecule has 0 radical (unpaired) electrons. The van der Waals surface area contributed by atoms with E-state index in [-0.39, 0.29) is 18.1 Å². The molecule has 1 saturated carbocycles. The number of aromatic amines is 1. The second kappa shape index (κ2) is 5.04. The van der Waals surface area contributed by atoms with Gasteiger partial charge in [0.15, 0.2) is 0 Å². The molecular weight excluding hydrogens is 288 g/mol. The second-order valence-electron chi connectivity index (χ2n) is 5.82. The summed E-state index contributed by atoms with van der Waals surface area (Å²) in [6, 6.07) is 7.77. The van der Waals surface area contributed by atoms with Gasteiger partial charge in [-0.2, -0.15) is 0 Å². The Morgan fingerprint density at radius 2 is 2.24 bits per heavy atom. The van der Waals surface area contributed by atoms with E-state index < -0.39 is 0 Å². The lowest BCUT2D eigenvalue weighted by Crippen LogP contribution is -2.51. The van der Waals surface area contributed by atoms with Gasteiger partial charge in [0.2, 0.25) is 0 Å². The standard InChI is InChI=1S/C16H17ClN2O2/c17-11-5-4-10-8-13(18-12(10)9-11)16(20)19-6-7-21-15-3-1-2-14(15)19/h4-5,8-9,14-15,18H,1-3,6-7H2. The van der Waals surface area contributed by atoms with Crippen molar-refractivity contribution < 1.29 is 9.53 Å². The minimum Gasteiger partial charge on any atom is -0.374 e. The highest BCUT2D eigenvalue weighted by atomic mass is 35.5. The van der Waals surface area contributed by atoms with Crippen LogP contribution in [0.4, 0.5) is 0 Å². The number of aromatic nitrogens is 1. The highest BCUT2D eigenvalue weighted by Crippen LogP contribution is 2.31. The summed E-state index contributed by atoms with van der Waals surface area (Å²) in [5, 5.41) is 1.68. The molecule has 1 aromatic carbocycles. The fourth-order valence-corrected chi connectivity index (χ4v) is 3.72. The molecule has 2 unspecified atom stereocenters. The van der Waals surface area contributed by atoms with E-state index >= 15 is 0 Å². The summed E-state index contributed by atoms with van der Waals surface area (Å²) >= 11 is 6.00. The second-order valence-corrected chi connectivity index (χ2v) is 6.26. The van der Waals surface area contributed by atoms with Crippen molar-refractivity contribution in [3.63, 3.8) is 0 Å². The van der Waals surface area contributed by atoms with Crippen molar-refractivity contribution in [2.24, 2.45) is 0 Å². The molecule has 0 bridgehead atoms. The molecule has 2 aliphatic rings. The molecule has 1 N–H and O–H groups in total. The van der Waals surface area contributed by atoms with Crippen molar-refractivity contribution in [1.82, 2.24) is 9.88 Å². The zero-order chi connectivity index (χ0) is 14.4. The maximum Gasteiger partial charge on any atom is 0.270 e. The van der Waals surface area contributed by atoms with Crippen molar-refractivity contribution in [3.8, 4) is 0 Å². The highest BCUT2D eigenvalue weighted by molar-refractivity contribution is 6.31. The zero-order valence-corrected chi connectivity index (χ0v) is 12.4. The maximum absolute atomic E-state index is 12.8. The summed E-state index contributed by atoms with van der Waals surface area (Å²) in [6.07, 6.45) is 3.47. The summed E-state index contributed by atoms with van der Waals surface area (Å²) in [4.78, 5) is 18.0. The monoisotopic (exact) mass is 304 g/mol. The number of hydrogen-bond donors (Lipinski definition) is 1. The normalized spacial score (nSPS) is 25.3. The number of hydrogen-bond acceptors (Lipinski definition) is 2. The third-order valence-electron chi connectivity index (χ3n) is 4.56. The molecule has 2 heterocycles. The van der Waals surface area contributed by atoms with Crippen LogP contribution in [0.1, 0.15) is 29.8 Å². The van der Waals surface area contributed by atoms with Crippen LogP contribution < -0.4 is 0 Å². The molecule has 21 heavy (non-hydrogen) atoms. The van der Waals surface area contributed by atoms with Crippen LogP contribution in [0.3, 0.4) is 0 Å². The fraction of sp³-hybridized carbons (Fsp3) is 0.438. The largest absolute Gasteiger partial charge is 0.374 e. The predicted octanol–water partition coefficient (Wildman–Crippen LogP) is 3.21. The molecule has 1 aliphatic heterocycles. The molecule has 1 aliphatic carbocycles. The van der Waals surface area contributed by atoms with Crippen LogP contribution in [0.25, 0.3) is 10.9 Å². The van der Waals surface area contributed by atoms with E-state index in [4.69, 9.17) is 16.3 Å². The van der Waals surface area contributed by atoms with Crippen LogP contribution >= 0.6 is 11.6 Å².